The number of carbonyl (C=O) groups excluding carboxylic acids is 1. The molecule has 0 unspecified atom stereocenters. The molecule has 0 saturated heterocycles. The number of hydrogen-bond donors (Lipinski definition) is 3. The molecule has 0 aliphatic carbocycles. The van der Waals surface area contributed by atoms with Gasteiger partial charge in [-0.25, -0.2) is 0 Å². The predicted molar refractivity (Wildman–Crippen MR) is 81.4 cm³/mol. The van der Waals surface area contributed by atoms with Crippen molar-refractivity contribution in [2.45, 2.75) is 32.9 Å². The first-order chi connectivity index (χ1) is 9.56. The van der Waals surface area contributed by atoms with Crippen molar-refractivity contribution in [2.75, 3.05) is 25.0 Å². The molecule has 112 valence electrons. The third-order valence-electron chi connectivity index (χ3n) is 3.22. The van der Waals surface area contributed by atoms with E-state index in [1.165, 1.54) is 0 Å². The SMILES string of the molecule is CC(C)N(CCO)CCC(=O)Nc1ccc(CN)cc1. The van der Waals surface area contributed by atoms with E-state index in [9.17, 15) is 4.79 Å². The summed E-state index contributed by atoms with van der Waals surface area (Å²) in [5.41, 5.74) is 7.35. The number of benzene rings is 1. The van der Waals surface area contributed by atoms with Gasteiger partial charge in [0.2, 0.25) is 5.91 Å². The first-order valence-corrected chi connectivity index (χ1v) is 7.00. The van der Waals surface area contributed by atoms with Crippen LogP contribution in [0.1, 0.15) is 25.8 Å². The van der Waals surface area contributed by atoms with Crippen molar-refractivity contribution in [1.29, 1.82) is 0 Å². The minimum Gasteiger partial charge on any atom is -0.395 e. The summed E-state index contributed by atoms with van der Waals surface area (Å²) < 4.78 is 0. The maximum atomic E-state index is 11.9. The molecule has 0 bridgehead atoms. The zero-order chi connectivity index (χ0) is 15.0. The second-order valence-corrected chi connectivity index (χ2v) is 5.05. The first kappa shape index (κ1) is 16.6. The topological polar surface area (TPSA) is 78.6 Å². The molecular formula is C15H25N3O2. The molecule has 1 aromatic carbocycles. The van der Waals surface area contributed by atoms with Crippen LogP contribution in [0, 0.1) is 0 Å². The smallest absolute Gasteiger partial charge is 0.225 e. The highest BCUT2D eigenvalue weighted by Crippen LogP contribution is 2.09. The van der Waals surface area contributed by atoms with Gasteiger partial charge in [-0.3, -0.25) is 9.69 Å². The number of amides is 1. The standard InChI is InChI=1S/C15H25N3O2/c1-12(2)18(9-10-19)8-7-15(20)17-14-5-3-13(11-16)4-6-14/h3-6,12,19H,7-11,16H2,1-2H3,(H,17,20). The molecule has 0 spiro atoms. The quantitative estimate of drug-likeness (QED) is 0.667. The Morgan fingerprint density at radius 2 is 1.95 bits per heavy atom. The van der Waals surface area contributed by atoms with E-state index in [1.807, 2.05) is 24.3 Å². The van der Waals surface area contributed by atoms with Gasteiger partial charge < -0.3 is 16.2 Å². The zero-order valence-electron chi connectivity index (χ0n) is 12.3. The van der Waals surface area contributed by atoms with E-state index in [1.54, 1.807) is 0 Å². The highest BCUT2D eigenvalue weighted by Gasteiger charge is 2.11. The maximum absolute atomic E-state index is 11.9. The maximum Gasteiger partial charge on any atom is 0.225 e. The number of rotatable bonds is 8. The van der Waals surface area contributed by atoms with Crippen LogP contribution < -0.4 is 11.1 Å². The average Bonchev–Trinajstić information content (AvgIpc) is 2.44. The minimum atomic E-state index is -0.0194. The number of hydrogen-bond acceptors (Lipinski definition) is 4. The lowest BCUT2D eigenvalue weighted by Gasteiger charge is -2.25. The molecule has 4 N–H and O–H groups in total. The molecule has 1 aromatic rings. The van der Waals surface area contributed by atoms with E-state index >= 15 is 0 Å². The van der Waals surface area contributed by atoms with Crippen LogP contribution in [0.25, 0.3) is 0 Å². The second-order valence-electron chi connectivity index (χ2n) is 5.05. The molecule has 0 aromatic heterocycles. The van der Waals surface area contributed by atoms with Gasteiger partial charge in [0.1, 0.15) is 0 Å². The summed E-state index contributed by atoms with van der Waals surface area (Å²) in [6.07, 6.45) is 0.414. The van der Waals surface area contributed by atoms with Crippen LogP contribution in [0.3, 0.4) is 0 Å². The van der Waals surface area contributed by atoms with Gasteiger partial charge in [0, 0.05) is 37.8 Å². The number of aliphatic hydroxyl groups is 1. The lowest BCUT2D eigenvalue weighted by atomic mass is 10.2. The number of nitrogens with two attached hydrogens (primary N) is 1. The van der Waals surface area contributed by atoms with E-state index < -0.39 is 0 Å². The summed E-state index contributed by atoms with van der Waals surface area (Å²) in [7, 11) is 0. The van der Waals surface area contributed by atoms with Crippen LogP contribution in [0.4, 0.5) is 5.69 Å². The Balaban J connectivity index is 2.42. The Hall–Kier alpha value is -1.43. The van der Waals surface area contributed by atoms with E-state index in [0.717, 1.165) is 11.3 Å². The van der Waals surface area contributed by atoms with E-state index in [0.29, 0.717) is 32.1 Å². The number of nitrogens with one attached hydrogen (secondary N) is 1. The normalized spacial score (nSPS) is 11.1. The van der Waals surface area contributed by atoms with Crippen LogP contribution in [0.15, 0.2) is 24.3 Å². The third-order valence-corrected chi connectivity index (χ3v) is 3.22. The summed E-state index contributed by atoms with van der Waals surface area (Å²) in [5, 5.41) is 11.8. The van der Waals surface area contributed by atoms with Crippen LogP contribution in [0.2, 0.25) is 0 Å². The van der Waals surface area contributed by atoms with Crippen molar-refractivity contribution in [3.63, 3.8) is 0 Å². The van der Waals surface area contributed by atoms with Crippen molar-refractivity contribution in [1.82, 2.24) is 4.90 Å². The third kappa shape index (κ3) is 5.69. The molecule has 1 rings (SSSR count). The van der Waals surface area contributed by atoms with Gasteiger partial charge in [-0.05, 0) is 31.5 Å². The summed E-state index contributed by atoms with van der Waals surface area (Å²) in [6, 6.07) is 7.84. The van der Waals surface area contributed by atoms with Crippen molar-refractivity contribution in [3.8, 4) is 0 Å². The molecule has 1 amide bonds. The Morgan fingerprint density at radius 3 is 2.45 bits per heavy atom. The Bertz CT molecular complexity index is 404. The van der Waals surface area contributed by atoms with Gasteiger partial charge in [-0.2, -0.15) is 0 Å². The Labute approximate surface area is 120 Å². The highest BCUT2D eigenvalue weighted by molar-refractivity contribution is 5.90. The molecule has 5 nitrogen and oxygen atoms in total. The molecule has 0 saturated carbocycles. The van der Waals surface area contributed by atoms with Crippen molar-refractivity contribution < 1.29 is 9.90 Å². The zero-order valence-corrected chi connectivity index (χ0v) is 12.3. The number of carbonyl (C=O) groups is 1. The molecule has 0 fully saturated rings. The summed E-state index contributed by atoms with van der Waals surface area (Å²) in [4.78, 5) is 14.0. The fourth-order valence-electron chi connectivity index (χ4n) is 1.95. The van der Waals surface area contributed by atoms with Crippen LogP contribution in [0.5, 0.6) is 0 Å². The molecule has 5 heteroatoms. The monoisotopic (exact) mass is 279 g/mol. The summed E-state index contributed by atoms with van der Waals surface area (Å²) in [6.45, 7) is 5.96. The fourth-order valence-corrected chi connectivity index (χ4v) is 1.95. The molecule has 0 atom stereocenters. The Morgan fingerprint density at radius 1 is 1.30 bits per heavy atom. The molecule has 0 radical (unpaired) electrons. The van der Waals surface area contributed by atoms with E-state index in [2.05, 4.69) is 24.1 Å². The lowest BCUT2D eigenvalue weighted by Crippen LogP contribution is -2.35. The van der Waals surface area contributed by atoms with Gasteiger partial charge in [0.25, 0.3) is 0 Å². The largest absolute Gasteiger partial charge is 0.395 e. The fraction of sp³-hybridized carbons (Fsp3) is 0.533. The van der Waals surface area contributed by atoms with E-state index in [-0.39, 0.29) is 12.5 Å². The number of nitrogens with zero attached hydrogens (tertiary/aromatic N) is 1. The molecule has 0 aliphatic heterocycles. The van der Waals surface area contributed by atoms with Crippen molar-refractivity contribution in [2.24, 2.45) is 5.73 Å². The lowest BCUT2D eigenvalue weighted by molar-refractivity contribution is -0.116. The second kappa shape index (κ2) is 8.68. The van der Waals surface area contributed by atoms with Gasteiger partial charge in [0.15, 0.2) is 0 Å². The molecular weight excluding hydrogens is 254 g/mol. The number of aliphatic hydroxyl groups excluding tert-OH is 1. The van der Waals surface area contributed by atoms with Gasteiger partial charge in [-0.15, -0.1) is 0 Å². The molecule has 20 heavy (non-hydrogen) atoms. The molecule has 0 heterocycles. The van der Waals surface area contributed by atoms with Crippen molar-refractivity contribution >= 4 is 11.6 Å². The van der Waals surface area contributed by atoms with Crippen LogP contribution >= 0.6 is 0 Å². The van der Waals surface area contributed by atoms with E-state index in [4.69, 9.17) is 10.8 Å². The van der Waals surface area contributed by atoms with Gasteiger partial charge >= 0.3 is 0 Å². The van der Waals surface area contributed by atoms with Crippen LogP contribution in [-0.2, 0) is 11.3 Å². The average molecular weight is 279 g/mol. The Kier molecular flexibility index (Phi) is 7.22. The van der Waals surface area contributed by atoms with Gasteiger partial charge in [-0.1, -0.05) is 12.1 Å². The first-order valence-electron chi connectivity index (χ1n) is 7.00. The van der Waals surface area contributed by atoms with Crippen molar-refractivity contribution in [3.05, 3.63) is 29.8 Å². The summed E-state index contributed by atoms with van der Waals surface area (Å²) >= 11 is 0. The summed E-state index contributed by atoms with van der Waals surface area (Å²) in [5.74, 6) is -0.0194. The molecule has 0 aliphatic rings. The number of anilines is 1. The minimum absolute atomic E-state index is 0.0194. The van der Waals surface area contributed by atoms with Gasteiger partial charge in [0.05, 0.1) is 6.61 Å². The highest BCUT2D eigenvalue weighted by atomic mass is 16.3. The predicted octanol–water partition coefficient (Wildman–Crippen LogP) is 1.18. The van der Waals surface area contributed by atoms with Crippen LogP contribution in [-0.4, -0.2) is 41.7 Å².